The molecule has 6 aromatic rings. The van der Waals surface area contributed by atoms with Gasteiger partial charge in [0.15, 0.2) is 34.6 Å². The minimum Gasteiger partial charge on any atom is -0.481 e. The first-order valence-electron chi connectivity index (χ1n) is 22.5. The van der Waals surface area contributed by atoms with Gasteiger partial charge in [-0.1, -0.05) is 24.3 Å². The number of aliphatic carboxylic acids is 2. The van der Waals surface area contributed by atoms with Crippen LogP contribution < -0.4 is 29.6 Å². The van der Waals surface area contributed by atoms with Crippen molar-refractivity contribution >= 4 is 23.6 Å². The summed E-state index contributed by atoms with van der Waals surface area (Å²) in [6.45, 7) is 2.99. The molecule has 4 aliphatic heterocycles. The number of nitrogens with zero attached hydrogens (tertiary/aromatic N) is 10. The maximum Gasteiger partial charge on any atom is 0.304 e. The van der Waals surface area contributed by atoms with Crippen LogP contribution in [-0.2, 0) is 61.2 Å². The molecule has 0 saturated carbocycles. The molecule has 20 nitrogen and oxygen atoms in total. The molecule has 344 valence electrons. The van der Waals surface area contributed by atoms with Crippen molar-refractivity contribution in [2.75, 3.05) is 37.3 Å². The van der Waals surface area contributed by atoms with Gasteiger partial charge in [0.05, 0.1) is 25.9 Å². The molecule has 10 rings (SSSR count). The summed E-state index contributed by atoms with van der Waals surface area (Å²) < 4.78 is 23.3. The Hall–Kier alpha value is -7.38. The third kappa shape index (κ3) is 11.1. The van der Waals surface area contributed by atoms with E-state index < -0.39 is 11.9 Å². The van der Waals surface area contributed by atoms with Gasteiger partial charge in [-0.15, -0.1) is 15.3 Å². The zero-order chi connectivity index (χ0) is 45.2. The number of benzene rings is 2. The molecule has 0 fully saturated rings. The minimum atomic E-state index is -0.884. The van der Waals surface area contributed by atoms with Crippen LogP contribution in [0, 0.1) is 0 Å². The number of anilines is 2. The Morgan fingerprint density at radius 3 is 1.79 bits per heavy atom. The summed E-state index contributed by atoms with van der Waals surface area (Å²) >= 11 is 0. The van der Waals surface area contributed by atoms with E-state index in [9.17, 15) is 19.8 Å². The Morgan fingerprint density at radius 2 is 1.20 bits per heavy atom. The van der Waals surface area contributed by atoms with E-state index >= 15 is 0 Å². The third-order valence-electron chi connectivity index (χ3n) is 12.0. The summed E-state index contributed by atoms with van der Waals surface area (Å²) in [4.78, 5) is 33.9. The van der Waals surface area contributed by atoms with Gasteiger partial charge in [-0.3, -0.25) is 9.59 Å². The molecule has 2 atom stereocenters. The van der Waals surface area contributed by atoms with Crippen LogP contribution in [0.3, 0.4) is 0 Å². The smallest absolute Gasteiger partial charge is 0.304 e. The molecule has 0 aliphatic carbocycles. The van der Waals surface area contributed by atoms with Crippen LogP contribution in [0.2, 0.25) is 0 Å². The number of nitrogens with one attached hydrogen (secondary N) is 2. The molecule has 0 radical (unpaired) electrons. The van der Waals surface area contributed by atoms with Crippen LogP contribution >= 0.6 is 0 Å². The fourth-order valence-corrected chi connectivity index (χ4v) is 8.61. The number of pyridine rings is 2. The number of aryl methyl sites for hydroxylation is 6. The second kappa shape index (κ2) is 20.6. The quantitative estimate of drug-likeness (QED) is 0.0868. The highest BCUT2D eigenvalue weighted by atomic mass is 16.7. The predicted molar refractivity (Wildman–Crippen MR) is 237 cm³/mol. The van der Waals surface area contributed by atoms with Gasteiger partial charge in [0.2, 0.25) is 13.6 Å². The maximum absolute atomic E-state index is 11.5. The number of carboxylic acids is 2. The number of rotatable bonds is 18. The van der Waals surface area contributed by atoms with E-state index in [2.05, 4.69) is 65.8 Å². The van der Waals surface area contributed by atoms with E-state index in [-0.39, 0.29) is 38.3 Å². The van der Waals surface area contributed by atoms with Gasteiger partial charge in [0, 0.05) is 49.2 Å². The summed E-state index contributed by atoms with van der Waals surface area (Å²) in [5.41, 5.74) is 6.36. The van der Waals surface area contributed by atoms with E-state index in [1.807, 2.05) is 30.3 Å². The van der Waals surface area contributed by atoms with Crippen LogP contribution in [-0.4, -0.2) is 99.2 Å². The first-order chi connectivity index (χ1) is 32.3. The molecule has 0 amide bonds. The summed E-state index contributed by atoms with van der Waals surface area (Å²) in [5.74, 6) is 3.61. The van der Waals surface area contributed by atoms with Crippen LogP contribution in [0.15, 0.2) is 60.7 Å². The van der Waals surface area contributed by atoms with Gasteiger partial charge in [0.25, 0.3) is 0 Å². The van der Waals surface area contributed by atoms with Crippen molar-refractivity contribution < 1.29 is 38.7 Å². The highest BCUT2D eigenvalue weighted by Gasteiger charge is 2.24. The topological polar surface area (TPSA) is 249 Å². The molecule has 4 aliphatic rings. The largest absolute Gasteiger partial charge is 0.481 e. The molecule has 0 saturated heterocycles. The molecule has 4 N–H and O–H groups in total. The number of tetrazole rings is 2. The van der Waals surface area contributed by atoms with Crippen LogP contribution in [0.25, 0.3) is 0 Å². The Balaban J connectivity index is 0.000000166. The van der Waals surface area contributed by atoms with Crippen LogP contribution in [0.1, 0.15) is 95.7 Å². The number of hydrogen-bond acceptors (Lipinski definition) is 16. The number of carboxylic acid groups (broad SMARTS) is 2. The van der Waals surface area contributed by atoms with Gasteiger partial charge in [-0.05, 0) is 126 Å². The van der Waals surface area contributed by atoms with Gasteiger partial charge in [-0.2, -0.15) is 4.80 Å². The summed E-state index contributed by atoms with van der Waals surface area (Å²) in [7, 11) is 0. The summed E-state index contributed by atoms with van der Waals surface area (Å²) in [6, 6.07) is 19.5. The standard InChI is InChI=1S/2C23H26N6O4/c30-22(31)12-17(16-7-9-19-20(11-16)33-14-32-19)13-29-21(26-27-28-29)5-1-4-18-8-6-15-3-2-10-24-23(15)25-18;30-22(31)12-17(16-7-9-19-20(11-16)33-14-32-19)13-29-27-21(26-28-29)5-1-4-18-8-6-15-3-2-10-24-23(15)25-18/h2*6-9,11,17H,1-5,10,12-14H2,(H,24,25)(H,30,31). The number of aromatic nitrogens is 10. The predicted octanol–water partition coefficient (Wildman–Crippen LogP) is 5.18. The van der Waals surface area contributed by atoms with Gasteiger partial charge >= 0.3 is 11.9 Å². The second-order valence-corrected chi connectivity index (χ2v) is 16.7. The molecule has 4 aromatic heterocycles. The van der Waals surface area contributed by atoms with Crippen molar-refractivity contribution in [3.63, 3.8) is 0 Å². The molecule has 66 heavy (non-hydrogen) atoms. The number of carbonyl (C=O) groups is 2. The van der Waals surface area contributed by atoms with E-state index in [4.69, 9.17) is 28.9 Å². The third-order valence-corrected chi connectivity index (χ3v) is 12.0. The zero-order valence-corrected chi connectivity index (χ0v) is 36.5. The number of hydrogen-bond donors (Lipinski definition) is 4. The summed E-state index contributed by atoms with van der Waals surface area (Å²) in [6.07, 6.45) is 9.09. The first-order valence-corrected chi connectivity index (χ1v) is 22.5. The lowest BCUT2D eigenvalue weighted by Crippen LogP contribution is -2.17. The average molecular weight is 901 g/mol. The van der Waals surface area contributed by atoms with Crippen LogP contribution in [0.5, 0.6) is 23.0 Å². The fraction of sp³-hybridized carbons (Fsp3) is 0.435. The van der Waals surface area contributed by atoms with E-state index in [1.165, 1.54) is 15.9 Å². The van der Waals surface area contributed by atoms with Crippen molar-refractivity contribution in [2.45, 2.75) is 102 Å². The minimum absolute atomic E-state index is 0.0367. The van der Waals surface area contributed by atoms with Gasteiger partial charge in [0.1, 0.15) is 11.6 Å². The molecule has 0 bridgehead atoms. The first kappa shape index (κ1) is 43.9. The molecular weight excluding hydrogens is 849 g/mol. The maximum atomic E-state index is 11.5. The second-order valence-electron chi connectivity index (χ2n) is 16.7. The zero-order valence-electron chi connectivity index (χ0n) is 36.5. The highest BCUT2D eigenvalue weighted by molar-refractivity contribution is 5.68. The van der Waals surface area contributed by atoms with Gasteiger partial charge in [-0.25, -0.2) is 14.6 Å². The Labute approximate surface area is 380 Å². The molecular formula is C46H52N12O8. The number of ether oxygens (including phenoxy) is 4. The van der Waals surface area contributed by atoms with E-state index in [0.717, 1.165) is 104 Å². The SMILES string of the molecule is O=C(O)CC(Cn1nnc(CCCc2ccc3c(n2)NCCC3)n1)c1ccc2c(c1)OCO2.O=C(O)CC(Cn1nnnc1CCCc1ccc2c(n1)NCCC2)c1ccc2c(c1)OCO2. The molecule has 2 unspecified atom stereocenters. The lowest BCUT2D eigenvalue weighted by Gasteiger charge is -2.17. The van der Waals surface area contributed by atoms with E-state index in [0.29, 0.717) is 54.8 Å². The molecule has 8 heterocycles. The van der Waals surface area contributed by atoms with Crippen LogP contribution in [0.4, 0.5) is 11.6 Å². The Kier molecular flexibility index (Phi) is 13.7. The molecule has 2 aromatic carbocycles. The number of fused-ring (bicyclic) bond motifs is 4. The molecule has 0 spiro atoms. The Bertz CT molecular complexity index is 2650. The highest BCUT2D eigenvalue weighted by Crippen LogP contribution is 2.37. The average Bonchev–Trinajstić information content (AvgIpc) is 4.17. The van der Waals surface area contributed by atoms with Crippen molar-refractivity contribution in [3.05, 3.63) is 106 Å². The monoisotopic (exact) mass is 900 g/mol. The fourth-order valence-electron chi connectivity index (χ4n) is 8.61. The van der Waals surface area contributed by atoms with Gasteiger partial charge < -0.3 is 39.8 Å². The lowest BCUT2D eigenvalue weighted by molar-refractivity contribution is -0.138. The summed E-state index contributed by atoms with van der Waals surface area (Å²) in [5, 5.41) is 50.5. The normalized spacial score (nSPS) is 15.0. The lowest BCUT2D eigenvalue weighted by atomic mass is 9.95. The van der Waals surface area contributed by atoms with Crippen molar-refractivity contribution in [3.8, 4) is 23.0 Å². The Morgan fingerprint density at radius 1 is 0.636 bits per heavy atom. The van der Waals surface area contributed by atoms with E-state index in [1.54, 1.807) is 10.7 Å². The van der Waals surface area contributed by atoms with Crippen molar-refractivity contribution in [1.82, 2.24) is 50.4 Å². The van der Waals surface area contributed by atoms with Crippen molar-refractivity contribution in [2.24, 2.45) is 0 Å². The molecule has 20 heteroatoms. The van der Waals surface area contributed by atoms with Crippen molar-refractivity contribution in [1.29, 1.82) is 0 Å².